The van der Waals surface area contributed by atoms with Crippen molar-refractivity contribution in [2.75, 3.05) is 33.2 Å². The van der Waals surface area contributed by atoms with Crippen molar-refractivity contribution in [2.24, 2.45) is 0 Å². The van der Waals surface area contributed by atoms with Gasteiger partial charge in [0.05, 0.1) is 0 Å². The van der Waals surface area contributed by atoms with Gasteiger partial charge in [0.1, 0.15) is 10.0 Å². The molecule has 1 saturated heterocycles. The second-order valence-electron chi connectivity index (χ2n) is 4.35. The van der Waals surface area contributed by atoms with E-state index in [1.807, 2.05) is 7.05 Å². The van der Waals surface area contributed by atoms with Crippen molar-refractivity contribution in [1.29, 1.82) is 0 Å². The third-order valence-electron chi connectivity index (χ3n) is 3.02. The lowest BCUT2D eigenvalue weighted by atomic mass is 10.4. The zero-order chi connectivity index (χ0) is 13.2. The molecule has 0 aliphatic carbocycles. The summed E-state index contributed by atoms with van der Waals surface area (Å²) in [6.07, 6.45) is 2.31. The van der Waals surface area contributed by atoms with Crippen LogP contribution in [-0.2, 0) is 10.0 Å². The Bertz CT molecular complexity index is 521. The van der Waals surface area contributed by atoms with Gasteiger partial charge in [-0.05, 0) is 32.1 Å². The van der Waals surface area contributed by atoms with Crippen molar-refractivity contribution >= 4 is 21.6 Å². The average molecular weight is 290 g/mol. The van der Waals surface area contributed by atoms with E-state index in [0.29, 0.717) is 13.1 Å². The molecular formula is C11H16ClN3O2S. The number of rotatable bonds is 2. The zero-order valence-electron chi connectivity index (χ0n) is 10.2. The van der Waals surface area contributed by atoms with Gasteiger partial charge in [0, 0.05) is 25.8 Å². The van der Waals surface area contributed by atoms with Crippen LogP contribution < -0.4 is 0 Å². The summed E-state index contributed by atoms with van der Waals surface area (Å²) in [5.41, 5.74) is 0. The van der Waals surface area contributed by atoms with E-state index in [1.54, 1.807) is 6.07 Å². The summed E-state index contributed by atoms with van der Waals surface area (Å²) < 4.78 is 26.4. The van der Waals surface area contributed by atoms with E-state index in [2.05, 4.69) is 9.88 Å². The predicted molar refractivity (Wildman–Crippen MR) is 70.1 cm³/mol. The van der Waals surface area contributed by atoms with Gasteiger partial charge in [-0.1, -0.05) is 11.6 Å². The van der Waals surface area contributed by atoms with Gasteiger partial charge in [-0.15, -0.1) is 0 Å². The highest BCUT2D eigenvalue weighted by molar-refractivity contribution is 7.89. The number of likely N-dealkylation sites (N-methyl/N-ethyl adjacent to an activating group) is 1. The molecule has 2 heterocycles. The summed E-state index contributed by atoms with van der Waals surface area (Å²) in [6, 6.07) is 3.09. The minimum absolute atomic E-state index is 0.0371. The molecule has 0 saturated carbocycles. The largest absolute Gasteiger partial charge is 0.305 e. The molecule has 7 heteroatoms. The quantitative estimate of drug-likeness (QED) is 0.764. The van der Waals surface area contributed by atoms with Crippen molar-refractivity contribution in [3.05, 3.63) is 23.5 Å². The lowest BCUT2D eigenvalue weighted by molar-refractivity contribution is 0.347. The molecule has 0 atom stereocenters. The molecule has 0 amide bonds. The third-order valence-corrected chi connectivity index (χ3v) is 5.36. The van der Waals surface area contributed by atoms with Crippen LogP contribution in [0.25, 0.3) is 0 Å². The molecule has 1 fully saturated rings. The summed E-state index contributed by atoms with van der Waals surface area (Å²) in [5.74, 6) is 0. The minimum atomic E-state index is -3.53. The van der Waals surface area contributed by atoms with Crippen LogP contribution in [-0.4, -0.2) is 55.8 Å². The summed E-state index contributed by atoms with van der Waals surface area (Å²) in [5, 5.41) is 0.0371. The van der Waals surface area contributed by atoms with Crippen molar-refractivity contribution < 1.29 is 8.42 Å². The maximum atomic E-state index is 12.5. The van der Waals surface area contributed by atoms with Crippen LogP contribution in [0, 0.1) is 0 Å². The van der Waals surface area contributed by atoms with Crippen LogP contribution in [0.1, 0.15) is 6.42 Å². The van der Waals surface area contributed by atoms with E-state index in [0.717, 1.165) is 19.5 Å². The Morgan fingerprint density at radius 3 is 2.78 bits per heavy atom. The van der Waals surface area contributed by atoms with Crippen LogP contribution in [0.5, 0.6) is 0 Å². The number of hydrogen-bond donors (Lipinski definition) is 0. The van der Waals surface area contributed by atoms with E-state index in [9.17, 15) is 8.42 Å². The minimum Gasteiger partial charge on any atom is -0.305 e. The zero-order valence-corrected chi connectivity index (χ0v) is 11.8. The predicted octanol–water partition coefficient (Wildman–Crippen LogP) is 1.06. The lowest BCUT2D eigenvalue weighted by Crippen LogP contribution is -2.34. The number of halogens is 1. The third kappa shape index (κ3) is 2.83. The second kappa shape index (κ2) is 5.52. The summed E-state index contributed by atoms with van der Waals surface area (Å²) in [7, 11) is -1.53. The molecule has 18 heavy (non-hydrogen) atoms. The molecule has 1 aliphatic rings. The Morgan fingerprint density at radius 2 is 2.06 bits per heavy atom. The first-order valence-corrected chi connectivity index (χ1v) is 7.63. The molecule has 0 bridgehead atoms. The van der Waals surface area contributed by atoms with Crippen LogP contribution in [0.15, 0.2) is 23.2 Å². The van der Waals surface area contributed by atoms with Crippen molar-refractivity contribution in [3.63, 3.8) is 0 Å². The molecule has 0 radical (unpaired) electrons. The van der Waals surface area contributed by atoms with Gasteiger partial charge in [0.25, 0.3) is 0 Å². The Balaban J connectivity index is 2.28. The average Bonchev–Trinajstić information content (AvgIpc) is 2.54. The number of nitrogens with zero attached hydrogens (tertiary/aromatic N) is 3. The first-order valence-electron chi connectivity index (χ1n) is 5.81. The van der Waals surface area contributed by atoms with Crippen LogP contribution in [0.3, 0.4) is 0 Å². The van der Waals surface area contributed by atoms with E-state index in [-0.39, 0.29) is 10.0 Å². The smallest absolute Gasteiger partial charge is 0.246 e. The van der Waals surface area contributed by atoms with Gasteiger partial charge in [0.2, 0.25) is 10.0 Å². The number of aromatic nitrogens is 1. The second-order valence-corrected chi connectivity index (χ2v) is 6.62. The molecule has 2 rings (SSSR count). The summed E-state index contributed by atoms with van der Waals surface area (Å²) in [4.78, 5) is 6.05. The van der Waals surface area contributed by atoms with Gasteiger partial charge in [-0.25, -0.2) is 13.4 Å². The van der Waals surface area contributed by atoms with Crippen molar-refractivity contribution in [2.45, 2.75) is 11.3 Å². The SMILES string of the molecule is CN1CCCN(S(=O)(=O)c2cccnc2Cl)CC1. The lowest BCUT2D eigenvalue weighted by Gasteiger charge is -2.20. The molecule has 0 spiro atoms. The summed E-state index contributed by atoms with van der Waals surface area (Å²) >= 11 is 5.87. The van der Waals surface area contributed by atoms with E-state index in [4.69, 9.17) is 11.6 Å². The van der Waals surface area contributed by atoms with E-state index >= 15 is 0 Å². The fraction of sp³-hybridized carbons (Fsp3) is 0.545. The highest BCUT2D eigenvalue weighted by Gasteiger charge is 2.28. The molecule has 1 aromatic heterocycles. The Kier molecular flexibility index (Phi) is 4.21. The Morgan fingerprint density at radius 1 is 1.28 bits per heavy atom. The normalized spacial score (nSPS) is 19.7. The molecule has 1 aromatic rings. The first kappa shape index (κ1) is 13.7. The Labute approximate surface area is 112 Å². The standard InChI is InChI=1S/C11H16ClN3O2S/c1-14-6-3-7-15(9-8-14)18(16,17)10-4-2-5-13-11(10)12/h2,4-5H,3,6-9H2,1H3. The molecule has 5 nitrogen and oxygen atoms in total. The highest BCUT2D eigenvalue weighted by atomic mass is 35.5. The van der Waals surface area contributed by atoms with Gasteiger partial charge in [-0.3, -0.25) is 0 Å². The molecule has 0 unspecified atom stereocenters. The molecule has 1 aliphatic heterocycles. The maximum absolute atomic E-state index is 12.5. The van der Waals surface area contributed by atoms with Crippen molar-refractivity contribution in [1.82, 2.24) is 14.2 Å². The topological polar surface area (TPSA) is 53.5 Å². The first-order chi connectivity index (χ1) is 8.51. The van der Waals surface area contributed by atoms with Gasteiger partial charge in [0.15, 0.2) is 0 Å². The maximum Gasteiger partial charge on any atom is 0.246 e. The Hall–Kier alpha value is -0.690. The summed E-state index contributed by atoms with van der Waals surface area (Å²) in [6.45, 7) is 2.66. The number of sulfonamides is 1. The molecule has 0 N–H and O–H groups in total. The van der Waals surface area contributed by atoms with E-state index < -0.39 is 10.0 Å². The molecular weight excluding hydrogens is 274 g/mol. The van der Waals surface area contributed by atoms with Gasteiger partial charge < -0.3 is 4.90 Å². The van der Waals surface area contributed by atoms with Crippen molar-refractivity contribution in [3.8, 4) is 0 Å². The fourth-order valence-electron chi connectivity index (χ4n) is 1.97. The molecule has 100 valence electrons. The van der Waals surface area contributed by atoms with Crippen LogP contribution in [0.4, 0.5) is 0 Å². The van der Waals surface area contributed by atoms with Gasteiger partial charge >= 0.3 is 0 Å². The van der Waals surface area contributed by atoms with Gasteiger partial charge in [-0.2, -0.15) is 4.31 Å². The van der Waals surface area contributed by atoms with Crippen LogP contribution >= 0.6 is 11.6 Å². The van der Waals surface area contributed by atoms with E-state index in [1.165, 1.54) is 16.6 Å². The number of hydrogen-bond acceptors (Lipinski definition) is 4. The highest BCUT2D eigenvalue weighted by Crippen LogP contribution is 2.22. The van der Waals surface area contributed by atoms with Crippen LogP contribution in [0.2, 0.25) is 5.15 Å². The molecule has 0 aromatic carbocycles. The number of pyridine rings is 1. The monoisotopic (exact) mass is 289 g/mol. The fourth-order valence-corrected chi connectivity index (χ4v) is 3.86.